The van der Waals surface area contributed by atoms with Crippen molar-refractivity contribution >= 4 is 23.4 Å². The van der Waals surface area contributed by atoms with Crippen LogP contribution in [-0.2, 0) is 11.2 Å². The van der Waals surface area contributed by atoms with Crippen molar-refractivity contribution in [2.45, 2.75) is 18.5 Å². The van der Waals surface area contributed by atoms with Crippen LogP contribution in [0.4, 0.5) is 5.69 Å². The van der Waals surface area contributed by atoms with Crippen molar-refractivity contribution in [3.8, 4) is 5.75 Å². The lowest BCUT2D eigenvalue weighted by atomic mass is 10.1. The standard InChI is InChI=1S/C20H20N4O3S/c1-13-3-5-14(6-4-13)11-17-19(26)22-20(24-23-17)28-12-18(25)21-15-7-9-16(27-2)10-8-15/h3-10H,11-12H2,1-2H3,(H,21,25)(H,22,24,26). The first kappa shape index (κ1) is 19.6. The third-order valence-corrected chi connectivity index (χ3v) is 4.81. The van der Waals surface area contributed by atoms with Crippen molar-refractivity contribution in [1.29, 1.82) is 0 Å². The zero-order valence-corrected chi connectivity index (χ0v) is 16.4. The van der Waals surface area contributed by atoms with Crippen LogP contribution in [0.15, 0.2) is 58.5 Å². The molecule has 0 aliphatic heterocycles. The molecule has 2 N–H and O–H groups in total. The van der Waals surface area contributed by atoms with Crippen molar-refractivity contribution in [3.05, 3.63) is 75.7 Å². The van der Waals surface area contributed by atoms with Gasteiger partial charge in [-0.2, -0.15) is 0 Å². The highest BCUT2D eigenvalue weighted by Gasteiger charge is 2.09. The minimum Gasteiger partial charge on any atom is -0.497 e. The van der Waals surface area contributed by atoms with Crippen LogP contribution in [0.2, 0.25) is 0 Å². The molecule has 2 aromatic carbocycles. The van der Waals surface area contributed by atoms with E-state index in [2.05, 4.69) is 20.5 Å². The Hall–Kier alpha value is -3.13. The lowest BCUT2D eigenvalue weighted by Gasteiger charge is -2.06. The van der Waals surface area contributed by atoms with E-state index < -0.39 is 0 Å². The molecule has 0 aliphatic carbocycles. The van der Waals surface area contributed by atoms with E-state index >= 15 is 0 Å². The van der Waals surface area contributed by atoms with Crippen LogP contribution in [0.1, 0.15) is 16.8 Å². The van der Waals surface area contributed by atoms with E-state index in [4.69, 9.17) is 4.74 Å². The zero-order valence-electron chi connectivity index (χ0n) is 15.6. The van der Waals surface area contributed by atoms with E-state index in [1.807, 2.05) is 31.2 Å². The molecule has 0 fully saturated rings. The number of carbonyl (C=O) groups excluding carboxylic acids is 1. The predicted octanol–water partition coefficient (Wildman–Crippen LogP) is 2.80. The Labute approximate surface area is 166 Å². The summed E-state index contributed by atoms with van der Waals surface area (Å²) in [4.78, 5) is 27.0. The molecule has 0 unspecified atom stereocenters. The number of thioether (sulfide) groups is 1. The Morgan fingerprint density at radius 2 is 1.82 bits per heavy atom. The second kappa shape index (κ2) is 9.18. The molecule has 0 saturated carbocycles. The van der Waals surface area contributed by atoms with Crippen LogP contribution in [0.5, 0.6) is 5.75 Å². The van der Waals surface area contributed by atoms with Gasteiger partial charge in [-0.3, -0.25) is 14.6 Å². The van der Waals surface area contributed by atoms with Gasteiger partial charge >= 0.3 is 0 Å². The summed E-state index contributed by atoms with van der Waals surface area (Å²) in [5.41, 5.74) is 2.86. The molecule has 0 saturated heterocycles. The molecule has 28 heavy (non-hydrogen) atoms. The van der Waals surface area contributed by atoms with E-state index in [-0.39, 0.29) is 17.2 Å². The zero-order chi connectivity index (χ0) is 19.9. The molecule has 0 atom stereocenters. The average Bonchev–Trinajstić information content (AvgIpc) is 2.70. The topological polar surface area (TPSA) is 97.0 Å². The van der Waals surface area contributed by atoms with Crippen molar-refractivity contribution in [1.82, 2.24) is 15.2 Å². The van der Waals surface area contributed by atoms with Gasteiger partial charge in [-0.05, 0) is 36.8 Å². The number of ether oxygens (including phenoxy) is 1. The molecule has 8 heteroatoms. The number of hydrogen-bond acceptors (Lipinski definition) is 6. The second-order valence-corrected chi connectivity index (χ2v) is 7.10. The lowest BCUT2D eigenvalue weighted by Crippen LogP contribution is -2.19. The summed E-state index contributed by atoms with van der Waals surface area (Å²) < 4.78 is 5.08. The number of nitrogens with zero attached hydrogens (tertiary/aromatic N) is 2. The van der Waals surface area contributed by atoms with Crippen molar-refractivity contribution in [3.63, 3.8) is 0 Å². The fourth-order valence-electron chi connectivity index (χ4n) is 2.43. The third kappa shape index (κ3) is 5.43. The third-order valence-electron chi connectivity index (χ3n) is 3.95. The first-order valence-electron chi connectivity index (χ1n) is 8.61. The summed E-state index contributed by atoms with van der Waals surface area (Å²) in [6, 6.07) is 14.9. The summed E-state index contributed by atoms with van der Waals surface area (Å²) in [6.45, 7) is 2.01. The molecule has 1 heterocycles. The van der Waals surface area contributed by atoms with Gasteiger partial charge in [0.2, 0.25) is 5.91 Å². The first-order chi connectivity index (χ1) is 13.5. The van der Waals surface area contributed by atoms with E-state index in [1.165, 1.54) is 0 Å². The van der Waals surface area contributed by atoms with Crippen LogP contribution in [0.25, 0.3) is 0 Å². The molecule has 1 aromatic heterocycles. The van der Waals surface area contributed by atoms with Crippen LogP contribution >= 0.6 is 11.8 Å². The Bertz CT molecular complexity index is 1000. The van der Waals surface area contributed by atoms with Gasteiger partial charge in [0, 0.05) is 12.1 Å². The van der Waals surface area contributed by atoms with Gasteiger partial charge in [0.15, 0.2) is 5.16 Å². The van der Waals surface area contributed by atoms with Crippen LogP contribution < -0.4 is 15.6 Å². The van der Waals surface area contributed by atoms with E-state index in [0.29, 0.717) is 28.7 Å². The Morgan fingerprint density at radius 3 is 2.46 bits per heavy atom. The molecule has 7 nitrogen and oxygen atoms in total. The van der Waals surface area contributed by atoms with E-state index in [9.17, 15) is 9.59 Å². The number of benzene rings is 2. The molecule has 1 amide bonds. The number of aromatic nitrogens is 3. The molecule has 144 valence electrons. The van der Waals surface area contributed by atoms with Gasteiger partial charge in [0.1, 0.15) is 11.4 Å². The molecular formula is C20H20N4O3S. The number of methoxy groups -OCH3 is 1. The van der Waals surface area contributed by atoms with E-state index in [1.54, 1.807) is 31.4 Å². The maximum atomic E-state index is 12.2. The number of hydrogen-bond donors (Lipinski definition) is 2. The highest BCUT2D eigenvalue weighted by atomic mass is 32.2. The fourth-order valence-corrected chi connectivity index (χ4v) is 3.03. The molecule has 3 rings (SSSR count). The normalized spacial score (nSPS) is 10.5. The predicted molar refractivity (Wildman–Crippen MR) is 109 cm³/mol. The average molecular weight is 396 g/mol. The molecule has 0 spiro atoms. The van der Waals surface area contributed by atoms with Gasteiger partial charge in [0.05, 0.1) is 12.9 Å². The summed E-state index contributed by atoms with van der Waals surface area (Å²) in [7, 11) is 1.58. The van der Waals surface area contributed by atoms with Gasteiger partial charge in [-0.1, -0.05) is 41.6 Å². The number of rotatable bonds is 7. The molecule has 0 bridgehead atoms. The van der Waals surface area contributed by atoms with Gasteiger partial charge in [0.25, 0.3) is 5.56 Å². The van der Waals surface area contributed by atoms with Crippen molar-refractivity contribution in [2.75, 3.05) is 18.2 Å². The SMILES string of the molecule is COc1ccc(NC(=O)CSc2nnc(Cc3ccc(C)cc3)c(=O)[nH]2)cc1. The van der Waals surface area contributed by atoms with Crippen LogP contribution in [0, 0.1) is 6.92 Å². The number of aromatic amines is 1. The fraction of sp³-hybridized carbons (Fsp3) is 0.200. The Morgan fingerprint density at radius 1 is 1.11 bits per heavy atom. The minimum absolute atomic E-state index is 0.105. The summed E-state index contributed by atoms with van der Waals surface area (Å²) in [5, 5.41) is 11.1. The smallest absolute Gasteiger partial charge is 0.273 e. The van der Waals surface area contributed by atoms with Crippen LogP contribution in [-0.4, -0.2) is 34.0 Å². The summed E-state index contributed by atoms with van der Waals surface area (Å²) in [5.74, 6) is 0.612. The number of carbonyl (C=O) groups is 1. The highest BCUT2D eigenvalue weighted by molar-refractivity contribution is 7.99. The quantitative estimate of drug-likeness (QED) is 0.596. The molecule has 0 radical (unpaired) electrons. The number of amides is 1. The largest absolute Gasteiger partial charge is 0.497 e. The number of anilines is 1. The Balaban J connectivity index is 1.55. The van der Waals surface area contributed by atoms with Gasteiger partial charge < -0.3 is 10.1 Å². The maximum Gasteiger partial charge on any atom is 0.273 e. The lowest BCUT2D eigenvalue weighted by molar-refractivity contribution is -0.113. The Kier molecular flexibility index (Phi) is 6.44. The summed E-state index contributed by atoms with van der Waals surface area (Å²) in [6.07, 6.45) is 0.408. The monoisotopic (exact) mass is 396 g/mol. The highest BCUT2D eigenvalue weighted by Crippen LogP contribution is 2.16. The summed E-state index contributed by atoms with van der Waals surface area (Å²) >= 11 is 1.12. The van der Waals surface area contributed by atoms with E-state index in [0.717, 1.165) is 22.9 Å². The second-order valence-electron chi connectivity index (χ2n) is 6.13. The van der Waals surface area contributed by atoms with Gasteiger partial charge in [-0.15, -0.1) is 10.2 Å². The van der Waals surface area contributed by atoms with Crippen molar-refractivity contribution in [2.24, 2.45) is 0 Å². The molecule has 3 aromatic rings. The molecular weight excluding hydrogens is 376 g/mol. The number of nitrogens with one attached hydrogen (secondary N) is 2. The van der Waals surface area contributed by atoms with Crippen LogP contribution in [0.3, 0.4) is 0 Å². The minimum atomic E-state index is -0.298. The van der Waals surface area contributed by atoms with Gasteiger partial charge in [-0.25, -0.2) is 0 Å². The maximum absolute atomic E-state index is 12.2. The van der Waals surface area contributed by atoms with Crippen molar-refractivity contribution < 1.29 is 9.53 Å². The molecule has 0 aliphatic rings. The number of H-pyrrole nitrogens is 1. The first-order valence-corrected chi connectivity index (χ1v) is 9.60. The number of aryl methyl sites for hydroxylation is 1.